The number of aromatic nitrogens is 2. The Bertz CT molecular complexity index is 1610. The molecule has 7 rings (SSSR count). The zero-order valence-corrected chi connectivity index (χ0v) is 22.8. The molecule has 0 bridgehead atoms. The van der Waals surface area contributed by atoms with Gasteiger partial charge in [-0.2, -0.15) is 5.10 Å². The van der Waals surface area contributed by atoms with E-state index in [0.29, 0.717) is 18.4 Å². The molecule has 2 fully saturated rings. The van der Waals surface area contributed by atoms with E-state index in [1.54, 1.807) is 17.7 Å². The van der Waals surface area contributed by atoms with E-state index in [-0.39, 0.29) is 36.3 Å². The number of ether oxygens (including phenoxy) is 1. The molecule has 2 saturated carbocycles. The van der Waals surface area contributed by atoms with Crippen LogP contribution < -0.4 is 0 Å². The number of hydrogen-bond acceptors (Lipinski definition) is 6. The van der Waals surface area contributed by atoms with Crippen LogP contribution in [0.25, 0.3) is 11.8 Å². The molecule has 0 amide bonds. The predicted octanol–water partition coefficient (Wildman–Crippen LogP) is 5.37. The maximum atomic E-state index is 16.2. The molecule has 0 saturated heterocycles. The highest BCUT2D eigenvalue weighted by atomic mass is 19.1. The van der Waals surface area contributed by atoms with Crippen molar-refractivity contribution in [2.75, 3.05) is 0 Å². The van der Waals surface area contributed by atoms with Crippen LogP contribution in [-0.2, 0) is 16.0 Å². The molecule has 0 aliphatic heterocycles. The van der Waals surface area contributed by atoms with Crippen LogP contribution in [0.3, 0.4) is 0 Å². The number of halogens is 1. The van der Waals surface area contributed by atoms with Gasteiger partial charge in [-0.05, 0) is 85.1 Å². The van der Waals surface area contributed by atoms with Crippen molar-refractivity contribution >= 4 is 18.0 Å². The number of carbonyl (C=O) groups is 2. The van der Waals surface area contributed by atoms with Gasteiger partial charge in [-0.25, -0.2) is 18.7 Å². The highest BCUT2D eigenvalue weighted by molar-refractivity contribution is 5.90. The Morgan fingerprint density at radius 2 is 1.95 bits per heavy atom. The quantitative estimate of drug-likeness (QED) is 0.414. The fourth-order valence-corrected chi connectivity index (χ4v) is 8.65. The monoisotopic (exact) mass is 558 g/mol. The van der Waals surface area contributed by atoms with E-state index in [2.05, 4.69) is 5.10 Å². The first-order valence-electron chi connectivity index (χ1n) is 14.0. The van der Waals surface area contributed by atoms with E-state index < -0.39 is 40.4 Å². The number of esters is 1. The standard InChI is InChI=1S/C32H31FN2O6/c1-30-15-18-17-34-35(19-7-4-3-5-8-19)24(18)14-22(30)23(33)13-20-21-10-11-32(29(38)39,31(21,2)16-25(36)27(20)30)41-28(37)26-9-6-12-40-26/h3-9,12-14,17,20-21,25,27,36H,10-11,15-16H2,1-2H3,(H,38,39)/t20?,21?,25?,27?,30?,31?,32-/m0/s1. The Kier molecular flexibility index (Phi) is 5.54. The summed E-state index contributed by atoms with van der Waals surface area (Å²) in [6.07, 6.45) is 6.67. The molecule has 2 aromatic heterocycles. The summed E-state index contributed by atoms with van der Waals surface area (Å²) in [5, 5.41) is 26.9. The molecule has 9 heteroatoms. The van der Waals surface area contributed by atoms with Gasteiger partial charge in [0.15, 0.2) is 0 Å². The molecule has 7 atom stereocenters. The minimum Gasteiger partial charge on any atom is -0.478 e. The molecule has 3 aromatic rings. The van der Waals surface area contributed by atoms with Crippen molar-refractivity contribution in [1.29, 1.82) is 0 Å². The van der Waals surface area contributed by atoms with Gasteiger partial charge in [-0.1, -0.05) is 32.0 Å². The average molecular weight is 559 g/mol. The second-order valence-electron chi connectivity index (χ2n) is 12.4. The molecule has 8 nitrogen and oxygen atoms in total. The van der Waals surface area contributed by atoms with Crippen molar-refractivity contribution < 1.29 is 33.3 Å². The minimum absolute atomic E-state index is 0.0642. The van der Waals surface area contributed by atoms with Crippen LogP contribution in [0.1, 0.15) is 54.9 Å². The first kappa shape index (κ1) is 26.0. The van der Waals surface area contributed by atoms with Crippen molar-refractivity contribution in [2.24, 2.45) is 28.6 Å². The van der Waals surface area contributed by atoms with Gasteiger partial charge < -0.3 is 19.4 Å². The van der Waals surface area contributed by atoms with Crippen LogP contribution in [0, 0.1) is 28.6 Å². The summed E-state index contributed by atoms with van der Waals surface area (Å²) in [4.78, 5) is 25.8. The van der Waals surface area contributed by atoms with E-state index in [4.69, 9.17) is 9.15 Å². The second-order valence-corrected chi connectivity index (χ2v) is 12.4. The van der Waals surface area contributed by atoms with Crippen LogP contribution in [0.15, 0.2) is 76.8 Å². The van der Waals surface area contributed by atoms with Crippen LogP contribution in [0.4, 0.5) is 4.39 Å². The maximum absolute atomic E-state index is 16.2. The minimum atomic E-state index is -1.88. The number of rotatable bonds is 4. The molecular formula is C32H31FN2O6. The summed E-state index contributed by atoms with van der Waals surface area (Å²) < 4.78 is 28.9. The van der Waals surface area contributed by atoms with Crippen LogP contribution in [-0.4, -0.2) is 43.6 Å². The summed E-state index contributed by atoms with van der Waals surface area (Å²) in [5.74, 6) is -3.72. The van der Waals surface area contributed by atoms with Crippen molar-refractivity contribution in [2.45, 2.75) is 51.2 Å². The molecule has 4 aliphatic rings. The number of hydrogen-bond donors (Lipinski definition) is 2. The summed E-state index contributed by atoms with van der Waals surface area (Å²) in [6.45, 7) is 3.75. The van der Waals surface area contributed by atoms with E-state index in [9.17, 15) is 19.8 Å². The summed E-state index contributed by atoms with van der Waals surface area (Å²) in [6, 6.07) is 12.6. The maximum Gasteiger partial charge on any atom is 0.375 e. The number of nitrogens with zero attached hydrogens (tertiary/aromatic N) is 2. The van der Waals surface area contributed by atoms with Gasteiger partial charge in [0.2, 0.25) is 11.4 Å². The number of aliphatic carboxylic acids is 1. The van der Waals surface area contributed by atoms with Gasteiger partial charge >= 0.3 is 11.9 Å². The number of fused-ring (bicyclic) bond motifs is 6. The average Bonchev–Trinajstić information content (AvgIpc) is 3.67. The Morgan fingerprint density at radius 3 is 2.66 bits per heavy atom. The van der Waals surface area contributed by atoms with Gasteiger partial charge in [0, 0.05) is 16.7 Å². The molecule has 4 aliphatic carbocycles. The fraction of sp³-hybridized carbons (Fsp3) is 0.406. The highest BCUT2D eigenvalue weighted by Gasteiger charge is 2.71. The summed E-state index contributed by atoms with van der Waals surface area (Å²) in [7, 11) is 0. The van der Waals surface area contributed by atoms with Gasteiger partial charge in [-0.15, -0.1) is 0 Å². The normalized spacial score (nSPS) is 35.3. The molecule has 2 N–H and O–H groups in total. The summed E-state index contributed by atoms with van der Waals surface area (Å²) in [5.41, 5.74) is -0.566. The van der Waals surface area contributed by atoms with Gasteiger partial charge in [0.1, 0.15) is 5.83 Å². The summed E-state index contributed by atoms with van der Waals surface area (Å²) >= 11 is 0. The first-order chi connectivity index (χ1) is 19.6. The molecule has 6 unspecified atom stereocenters. The smallest absolute Gasteiger partial charge is 0.375 e. The van der Waals surface area contributed by atoms with Gasteiger partial charge in [-0.3, -0.25) is 0 Å². The Labute approximate surface area is 236 Å². The lowest BCUT2D eigenvalue weighted by Gasteiger charge is -2.58. The predicted molar refractivity (Wildman–Crippen MR) is 145 cm³/mol. The molecule has 41 heavy (non-hydrogen) atoms. The Morgan fingerprint density at radius 1 is 1.17 bits per heavy atom. The number of carboxylic acid groups (broad SMARTS) is 1. The van der Waals surface area contributed by atoms with Crippen molar-refractivity contribution in [3.8, 4) is 5.69 Å². The van der Waals surface area contributed by atoms with Gasteiger partial charge in [0.25, 0.3) is 0 Å². The van der Waals surface area contributed by atoms with Crippen molar-refractivity contribution in [3.05, 3.63) is 89.4 Å². The molecule has 1 aromatic carbocycles. The third-order valence-corrected chi connectivity index (χ3v) is 10.5. The molecule has 212 valence electrons. The van der Waals surface area contributed by atoms with Crippen LogP contribution in [0.2, 0.25) is 0 Å². The Balaban J connectivity index is 1.29. The first-order valence-corrected chi connectivity index (χ1v) is 14.0. The largest absolute Gasteiger partial charge is 0.478 e. The molecule has 2 heterocycles. The van der Waals surface area contributed by atoms with Gasteiger partial charge in [0.05, 0.1) is 29.9 Å². The zero-order valence-electron chi connectivity index (χ0n) is 22.8. The molecule has 0 spiro atoms. The number of carboxylic acids is 1. The zero-order chi connectivity index (χ0) is 28.7. The molecular weight excluding hydrogens is 527 g/mol. The van der Waals surface area contributed by atoms with Crippen LogP contribution >= 0.6 is 0 Å². The third-order valence-electron chi connectivity index (χ3n) is 10.5. The SMILES string of the molecule is CC12Cc3cnn(-c4ccccc4)c3C=C1C(F)=CC1C2C(O)CC2(C)C1CC[C@]2(OC(=O)c1ccco1)C(=O)O. The Hall–Kier alpha value is -3.98. The van der Waals surface area contributed by atoms with E-state index in [0.717, 1.165) is 16.9 Å². The number of carbonyl (C=O) groups excluding carboxylic acids is 1. The number of allylic oxidation sites excluding steroid dienone is 3. The lowest BCUT2D eigenvalue weighted by molar-refractivity contribution is -0.190. The lowest BCUT2D eigenvalue weighted by atomic mass is 9.47. The van der Waals surface area contributed by atoms with Crippen LogP contribution in [0.5, 0.6) is 0 Å². The number of aliphatic hydroxyl groups excluding tert-OH is 1. The number of benzene rings is 1. The number of para-hydroxylation sites is 1. The molecule has 0 radical (unpaired) electrons. The van der Waals surface area contributed by atoms with E-state index in [1.807, 2.05) is 49.5 Å². The fourth-order valence-electron chi connectivity index (χ4n) is 8.65. The topological polar surface area (TPSA) is 115 Å². The van der Waals surface area contributed by atoms with E-state index >= 15 is 4.39 Å². The lowest BCUT2D eigenvalue weighted by Crippen LogP contribution is -2.62. The highest BCUT2D eigenvalue weighted by Crippen LogP contribution is 2.68. The number of aliphatic hydroxyl groups is 1. The van der Waals surface area contributed by atoms with E-state index in [1.165, 1.54) is 18.4 Å². The second kappa shape index (κ2) is 8.76. The third kappa shape index (κ3) is 3.44. The number of furan rings is 1. The van der Waals surface area contributed by atoms with Crippen molar-refractivity contribution in [3.63, 3.8) is 0 Å². The van der Waals surface area contributed by atoms with Crippen molar-refractivity contribution in [1.82, 2.24) is 9.78 Å².